The summed E-state index contributed by atoms with van der Waals surface area (Å²) in [5.74, 6) is 0.0596. The topological polar surface area (TPSA) is 96.0 Å². The van der Waals surface area contributed by atoms with Crippen LogP contribution in [0.5, 0.6) is 5.75 Å². The van der Waals surface area contributed by atoms with Gasteiger partial charge in [0.05, 0.1) is 7.11 Å². The van der Waals surface area contributed by atoms with Crippen molar-refractivity contribution in [1.29, 1.82) is 0 Å². The Bertz CT molecular complexity index is 1120. The molecule has 1 saturated carbocycles. The van der Waals surface area contributed by atoms with Gasteiger partial charge in [-0.3, -0.25) is 9.59 Å². The summed E-state index contributed by atoms with van der Waals surface area (Å²) in [6, 6.07) is 14.5. The molecule has 2 fully saturated rings. The van der Waals surface area contributed by atoms with Crippen LogP contribution in [0, 0.1) is 0 Å². The van der Waals surface area contributed by atoms with Crippen LogP contribution in [-0.4, -0.2) is 69.4 Å². The molecule has 0 bridgehead atoms. The van der Waals surface area contributed by atoms with Crippen LogP contribution in [0.3, 0.4) is 0 Å². The summed E-state index contributed by atoms with van der Waals surface area (Å²) in [5.41, 5.74) is 1.51. The Labute approximate surface area is 200 Å². The van der Waals surface area contributed by atoms with Gasteiger partial charge in [0.15, 0.2) is 0 Å². The zero-order chi connectivity index (χ0) is 24.1. The number of piperazine rings is 1. The molecule has 2 aromatic carbocycles. The smallest absolute Gasteiger partial charge is 0.254 e. The van der Waals surface area contributed by atoms with E-state index < -0.39 is 10.0 Å². The number of methoxy groups -OCH3 is 1. The molecule has 1 heterocycles. The van der Waals surface area contributed by atoms with Gasteiger partial charge >= 0.3 is 0 Å². The second-order valence-corrected chi connectivity index (χ2v) is 10.5. The van der Waals surface area contributed by atoms with Crippen LogP contribution < -0.4 is 9.46 Å². The van der Waals surface area contributed by atoms with E-state index in [0.717, 1.165) is 25.7 Å². The highest BCUT2D eigenvalue weighted by molar-refractivity contribution is 7.89. The van der Waals surface area contributed by atoms with Crippen molar-refractivity contribution in [2.75, 3.05) is 33.3 Å². The standard InChI is InChI=1S/C25H31N3O5S/c1-33-22-13-10-20(18-23(22)34(31,32)26-21-11-12-21)25(30)28-16-14-27(15-17-28)24(29)9-5-8-19-6-3-2-4-7-19/h2-4,6-7,10,13,18,21,26H,5,8-9,11-12,14-17H2,1H3. The molecule has 0 aromatic heterocycles. The third-order valence-electron chi connectivity index (χ3n) is 6.22. The minimum absolute atomic E-state index is 0.0278. The van der Waals surface area contributed by atoms with E-state index in [1.807, 2.05) is 18.2 Å². The van der Waals surface area contributed by atoms with Gasteiger partial charge in [-0.05, 0) is 49.4 Å². The fourth-order valence-corrected chi connectivity index (χ4v) is 5.59. The average molecular weight is 486 g/mol. The fourth-order valence-electron chi connectivity index (χ4n) is 4.09. The zero-order valence-corrected chi connectivity index (χ0v) is 20.2. The SMILES string of the molecule is COc1ccc(C(=O)N2CCN(C(=O)CCCc3ccccc3)CC2)cc1S(=O)(=O)NC1CC1. The molecule has 0 unspecified atom stereocenters. The van der Waals surface area contributed by atoms with Crippen LogP contribution in [0.2, 0.25) is 0 Å². The lowest BCUT2D eigenvalue weighted by molar-refractivity contribution is -0.132. The molecule has 34 heavy (non-hydrogen) atoms. The Morgan fingerprint density at radius 1 is 1.00 bits per heavy atom. The predicted molar refractivity (Wildman–Crippen MR) is 128 cm³/mol. The van der Waals surface area contributed by atoms with Crippen LogP contribution >= 0.6 is 0 Å². The van der Waals surface area contributed by atoms with Gasteiger partial charge in [0.25, 0.3) is 5.91 Å². The lowest BCUT2D eigenvalue weighted by atomic mass is 10.1. The Balaban J connectivity index is 1.33. The second kappa shape index (κ2) is 10.6. The normalized spacial score (nSPS) is 16.4. The third-order valence-corrected chi connectivity index (χ3v) is 7.76. The van der Waals surface area contributed by atoms with Crippen LogP contribution in [-0.2, 0) is 21.2 Å². The van der Waals surface area contributed by atoms with E-state index in [2.05, 4.69) is 16.9 Å². The number of ether oxygens (including phenoxy) is 1. The van der Waals surface area contributed by atoms with Crippen LogP contribution in [0.1, 0.15) is 41.6 Å². The van der Waals surface area contributed by atoms with E-state index in [1.54, 1.807) is 15.9 Å². The molecule has 4 rings (SSSR count). The lowest BCUT2D eigenvalue weighted by Crippen LogP contribution is -2.50. The molecule has 1 N–H and O–H groups in total. The van der Waals surface area contributed by atoms with Crippen molar-refractivity contribution in [2.45, 2.75) is 43.0 Å². The molecule has 0 radical (unpaired) electrons. The van der Waals surface area contributed by atoms with Gasteiger partial charge in [-0.25, -0.2) is 13.1 Å². The highest BCUT2D eigenvalue weighted by Crippen LogP contribution is 2.29. The first kappa shape index (κ1) is 24.2. The number of aryl methyl sites for hydroxylation is 1. The summed E-state index contributed by atoms with van der Waals surface area (Å²) in [4.78, 5) is 29.1. The molecule has 2 amide bonds. The van der Waals surface area contributed by atoms with E-state index in [0.29, 0.717) is 38.2 Å². The molecule has 2 aliphatic rings. The molecule has 2 aromatic rings. The van der Waals surface area contributed by atoms with Crippen molar-refractivity contribution < 1.29 is 22.7 Å². The van der Waals surface area contributed by atoms with Crippen molar-refractivity contribution in [1.82, 2.24) is 14.5 Å². The maximum Gasteiger partial charge on any atom is 0.254 e. The molecule has 0 atom stereocenters. The van der Waals surface area contributed by atoms with Crippen LogP contribution in [0.15, 0.2) is 53.4 Å². The number of nitrogens with one attached hydrogen (secondary N) is 1. The first-order chi connectivity index (χ1) is 16.4. The molecule has 8 nitrogen and oxygen atoms in total. The van der Waals surface area contributed by atoms with E-state index in [9.17, 15) is 18.0 Å². The third kappa shape index (κ3) is 5.95. The van der Waals surface area contributed by atoms with Crippen LogP contribution in [0.25, 0.3) is 0 Å². The van der Waals surface area contributed by atoms with Gasteiger partial charge in [0, 0.05) is 44.2 Å². The number of hydrogen-bond acceptors (Lipinski definition) is 5. The van der Waals surface area contributed by atoms with Gasteiger partial charge in [0.2, 0.25) is 15.9 Å². The van der Waals surface area contributed by atoms with E-state index >= 15 is 0 Å². The monoisotopic (exact) mass is 485 g/mol. The molecule has 1 saturated heterocycles. The van der Waals surface area contributed by atoms with Gasteiger partial charge < -0.3 is 14.5 Å². The molecule has 1 aliphatic heterocycles. The summed E-state index contributed by atoms with van der Waals surface area (Å²) in [6.45, 7) is 1.77. The quantitative estimate of drug-likeness (QED) is 0.589. The van der Waals surface area contributed by atoms with E-state index in [4.69, 9.17) is 4.74 Å². The fraction of sp³-hybridized carbons (Fsp3) is 0.440. The first-order valence-electron chi connectivity index (χ1n) is 11.7. The van der Waals surface area contributed by atoms with Gasteiger partial charge in [-0.15, -0.1) is 0 Å². The summed E-state index contributed by atoms with van der Waals surface area (Å²) >= 11 is 0. The number of sulfonamides is 1. The largest absolute Gasteiger partial charge is 0.495 e. The maximum absolute atomic E-state index is 13.1. The Morgan fingerprint density at radius 2 is 1.68 bits per heavy atom. The van der Waals surface area contributed by atoms with Gasteiger partial charge in [-0.2, -0.15) is 0 Å². The molecule has 1 aliphatic carbocycles. The van der Waals surface area contributed by atoms with Crippen molar-refractivity contribution in [2.24, 2.45) is 0 Å². The summed E-state index contributed by atoms with van der Waals surface area (Å²) in [7, 11) is -2.37. The number of hydrogen-bond donors (Lipinski definition) is 1. The van der Waals surface area contributed by atoms with E-state index in [-0.39, 0.29) is 28.5 Å². The molecule has 182 valence electrons. The van der Waals surface area contributed by atoms with Crippen molar-refractivity contribution in [3.8, 4) is 5.75 Å². The maximum atomic E-state index is 13.1. The number of rotatable bonds is 9. The minimum atomic E-state index is -3.77. The number of nitrogens with zero attached hydrogens (tertiary/aromatic N) is 2. The second-order valence-electron chi connectivity index (χ2n) is 8.77. The molecular formula is C25H31N3O5S. The minimum Gasteiger partial charge on any atom is -0.495 e. The van der Waals surface area contributed by atoms with Crippen molar-refractivity contribution >= 4 is 21.8 Å². The summed E-state index contributed by atoms with van der Waals surface area (Å²) in [5, 5.41) is 0. The number of benzene rings is 2. The average Bonchev–Trinajstić information content (AvgIpc) is 3.67. The number of carbonyl (C=O) groups is 2. The van der Waals surface area contributed by atoms with Gasteiger partial charge in [-0.1, -0.05) is 30.3 Å². The van der Waals surface area contributed by atoms with Crippen molar-refractivity contribution in [3.05, 3.63) is 59.7 Å². The Morgan fingerprint density at radius 3 is 2.32 bits per heavy atom. The number of amides is 2. The summed E-state index contributed by atoms with van der Waals surface area (Å²) in [6.07, 6.45) is 3.77. The van der Waals surface area contributed by atoms with E-state index in [1.165, 1.54) is 24.8 Å². The number of carbonyl (C=O) groups excluding carboxylic acids is 2. The summed E-state index contributed by atoms with van der Waals surface area (Å²) < 4.78 is 33.4. The Kier molecular flexibility index (Phi) is 7.53. The zero-order valence-electron chi connectivity index (χ0n) is 19.4. The molecule has 9 heteroatoms. The van der Waals surface area contributed by atoms with Crippen molar-refractivity contribution in [3.63, 3.8) is 0 Å². The first-order valence-corrected chi connectivity index (χ1v) is 13.2. The molecule has 0 spiro atoms. The molecular weight excluding hydrogens is 454 g/mol. The van der Waals surface area contributed by atoms with Crippen LogP contribution in [0.4, 0.5) is 0 Å². The van der Waals surface area contributed by atoms with Gasteiger partial charge in [0.1, 0.15) is 10.6 Å². The lowest BCUT2D eigenvalue weighted by Gasteiger charge is -2.35. The highest BCUT2D eigenvalue weighted by Gasteiger charge is 2.31. The predicted octanol–water partition coefficient (Wildman–Crippen LogP) is 2.44. The highest BCUT2D eigenvalue weighted by atomic mass is 32.2. The Hall–Kier alpha value is -2.91.